The highest BCUT2D eigenvalue weighted by atomic mass is 16.4. The van der Waals surface area contributed by atoms with Crippen molar-refractivity contribution in [3.63, 3.8) is 0 Å². The van der Waals surface area contributed by atoms with E-state index in [1.54, 1.807) is 7.05 Å². The third kappa shape index (κ3) is 4.34. The number of carboxylic acid groups (broad SMARTS) is 1. The number of nitrogens with one attached hydrogen (secondary N) is 1. The number of likely N-dealkylation sites (N-methyl/N-ethyl adjacent to an activating group) is 1. The van der Waals surface area contributed by atoms with Crippen molar-refractivity contribution in [3.05, 3.63) is 0 Å². The van der Waals surface area contributed by atoms with Crippen molar-refractivity contribution in [3.8, 4) is 0 Å². The fourth-order valence-electron chi connectivity index (χ4n) is 2.60. The molecule has 0 bridgehead atoms. The fraction of sp³-hybridized carbons (Fsp3) is 0.786. The molecule has 3 amide bonds. The van der Waals surface area contributed by atoms with E-state index in [-0.39, 0.29) is 24.5 Å². The summed E-state index contributed by atoms with van der Waals surface area (Å²) in [5, 5.41) is 12.1. The minimum Gasteiger partial charge on any atom is -0.480 e. The standard InChI is InChI=1S/C14H23N3O4/c1-16(9-12(18)15-10-6-7-10)14(21)17-8-4-2-3-5-11(17)13(19)20/h10-11H,2-9H2,1H3,(H,15,18)(H,19,20). The van der Waals surface area contributed by atoms with Crippen LogP contribution in [0.25, 0.3) is 0 Å². The Labute approximate surface area is 124 Å². The Morgan fingerprint density at radius 3 is 2.52 bits per heavy atom. The van der Waals surface area contributed by atoms with Gasteiger partial charge < -0.3 is 20.2 Å². The lowest BCUT2D eigenvalue weighted by Gasteiger charge is -2.31. The lowest BCUT2D eigenvalue weighted by atomic mass is 10.1. The molecule has 118 valence electrons. The van der Waals surface area contributed by atoms with E-state index in [4.69, 9.17) is 0 Å². The number of carboxylic acids is 1. The molecule has 1 aliphatic heterocycles. The van der Waals surface area contributed by atoms with Crippen LogP contribution in [0.15, 0.2) is 0 Å². The summed E-state index contributed by atoms with van der Waals surface area (Å²) >= 11 is 0. The first kappa shape index (κ1) is 15.6. The SMILES string of the molecule is CN(CC(=O)NC1CC1)C(=O)N1CCCCCC1C(=O)O. The first-order chi connectivity index (χ1) is 9.99. The smallest absolute Gasteiger partial charge is 0.326 e. The summed E-state index contributed by atoms with van der Waals surface area (Å²) in [6.07, 6.45) is 5.01. The molecule has 1 saturated carbocycles. The van der Waals surface area contributed by atoms with Crippen LogP contribution in [-0.4, -0.2) is 65.0 Å². The molecule has 1 atom stereocenters. The van der Waals surface area contributed by atoms with E-state index in [2.05, 4.69) is 5.32 Å². The average Bonchev–Trinajstić information content (AvgIpc) is 3.22. The Kier molecular flexibility index (Phi) is 5.03. The lowest BCUT2D eigenvalue weighted by Crippen LogP contribution is -2.51. The van der Waals surface area contributed by atoms with Crippen LogP contribution in [0.2, 0.25) is 0 Å². The molecular weight excluding hydrogens is 274 g/mol. The summed E-state index contributed by atoms with van der Waals surface area (Å²) in [4.78, 5) is 38.2. The topological polar surface area (TPSA) is 90.0 Å². The molecule has 0 aromatic heterocycles. The first-order valence-electron chi connectivity index (χ1n) is 7.53. The van der Waals surface area contributed by atoms with Crippen LogP contribution in [0.4, 0.5) is 4.79 Å². The van der Waals surface area contributed by atoms with Crippen molar-refractivity contribution in [2.75, 3.05) is 20.1 Å². The molecule has 0 radical (unpaired) electrons. The van der Waals surface area contributed by atoms with Crippen molar-refractivity contribution in [1.82, 2.24) is 15.1 Å². The van der Waals surface area contributed by atoms with E-state index in [0.29, 0.717) is 13.0 Å². The highest BCUT2D eigenvalue weighted by Crippen LogP contribution is 2.19. The van der Waals surface area contributed by atoms with Gasteiger partial charge in [0.25, 0.3) is 0 Å². The zero-order chi connectivity index (χ0) is 15.4. The van der Waals surface area contributed by atoms with Crippen molar-refractivity contribution in [1.29, 1.82) is 0 Å². The van der Waals surface area contributed by atoms with Gasteiger partial charge in [-0.25, -0.2) is 9.59 Å². The monoisotopic (exact) mass is 297 g/mol. The van der Waals surface area contributed by atoms with E-state index >= 15 is 0 Å². The molecule has 1 aliphatic carbocycles. The van der Waals surface area contributed by atoms with Crippen molar-refractivity contribution in [2.24, 2.45) is 0 Å². The van der Waals surface area contributed by atoms with Gasteiger partial charge in [0.1, 0.15) is 12.6 Å². The third-order valence-electron chi connectivity index (χ3n) is 3.93. The van der Waals surface area contributed by atoms with Crippen LogP contribution in [0.1, 0.15) is 38.5 Å². The number of aliphatic carboxylic acids is 1. The minimum atomic E-state index is -0.971. The number of carbonyl (C=O) groups excluding carboxylic acids is 2. The third-order valence-corrected chi connectivity index (χ3v) is 3.93. The summed E-state index contributed by atoms with van der Waals surface area (Å²) in [6.45, 7) is 0.405. The predicted octanol–water partition coefficient (Wildman–Crippen LogP) is 0.646. The maximum absolute atomic E-state index is 12.4. The number of carbonyl (C=O) groups is 3. The van der Waals surface area contributed by atoms with Crippen LogP contribution in [0.5, 0.6) is 0 Å². The van der Waals surface area contributed by atoms with E-state index in [9.17, 15) is 19.5 Å². The number of rotatable bonds is 4. The zero-order valence-electron chi connectivity index (χ0n) is 12.4. The van der Waals surface area contributed by atoms with Gasteiger partial charge in [-0.1, -0.05) is 12.8 Å². The van der Waals surface area contributed by atoms with Crippen molar-refractivity contribution in [2.45, 2.75) is 50.6 Å². The number of hydrogen-bond donors (Lipinski definition) is 2. The second-order valence-corrected chi connectivity index (χ2v) is 5.88. The van der Waals surface area contributed by atoms with Gasteiger partial charge in [0.15, 0.2) is 0 Å². The van der Waals surface area contributed by atoms with E-state index in [1.165, 1.54) is 9.80 Å². The molecule has 7 heteroatoms. The molecule has 21 heavy (non-hydrogen) atoms. The van der Waals surface area contributed by atoms with Gasteiger partial charge >= 0.3 is 12.0 Å². The van der Waals surface area contributed by atoms with E-state index < -0.39 is 12.0 Å². The minimum absolute atomic E-state index is 0.0296. The number of likely N-dealkylation sites (tertiary alicyclic amines) is 1. The Balaban J connectivity index is 1.94. The normalized spacial score (nSPS) is 22.3. The summed E-state index contributed by atoms with van der Waals surface area (Å²) < 4.78 is 0. The van der Waals surface area contributed by atoms with E-state index in [1.807, 2.05) is 0 Å². The van der Waals surface area contributed by atoms with Crippen LogP contribution >= 0.6 is 0 Å². The molecule has 0 aromatic carbocycles. The van der Waals surface area contributed by atoms with Crippen LogP contribution in [0.3, 0.4) is 0 Å². The molecule has 2 rings (SSSR count). The number of nitrogens with zero attached hydrogens (tertiary/aromatic N) is 2. The highest BCUT2D eigenvalue weighted by Gasteiger charge is 2.33. The predicted molar refractivity (Wildman–Crippen MR) is 75.8 cm³/mol. The summed E-state index contributed by atoms with van der Waals surface area (Å²) in [5.74, 6) is -1.16. The second kappa shape index (κ2) is 6.78. The van der Waals surface area contributed by atoms with Crippen LogP contribution in [-0.2, 0) is 9.59 Å². The molecular formula is C14H23N3O4. The molecule has 0 aromatic rings. The second-order valence-electron chi connectivity index (χ2n) is 5.88. The van der Waals surface area contributed by atoms with E-state index in [0.717, 1.165) is 32.1 Å². The molecule has 7 nitrogen and oxygen atoms in total. The van der Waals surface area contributed by atoms with Crippen LogP contribution < -0.4 is 5.32 Å². The van der Waals surface area contributed by atoms with Gasteiger partial charge in [0.05, 0.1) is 0 Å². The molecule has 2 fully saturated rings. The molecule has 1 heterocycles. The Hall–Kier alpha value is -1.79. The molecule has 2 N–H and O–H groups in total. The Morgan fingerprint density at radius 1 is 1.19 bits per heavy atom. The summed E-state index contributed by atoms with van der Waals surface area (Å²) in [7, 11) is 1.54. The summed E-state index contributed by atoms with van der Waals surface area (Å²) in [6, 6.07) is -0.907. The number of hydrogen-bond acceptors (Lipinski definition) is 3. The Morgan fingerprint density at radius 2 is 1.90 bits per heavy atom. The van der Waals surface area contributed by atoms with Gasteiger partial charge in [-0.05, 0) is 25.7 Å². The molecule has 1 saturated heterocycles. The van der Waals surface area contributed by atoms with Crippen molar-refractivity contribution < 1.29 is 19.5 Å². The fourth-order valence-corrected chi connectivity index (χ4v) is 2.60. The van der Waals surface area contributed by atoms with Gasteiger partial charge in [0.2, 0.25) is 5.91 Å². The average molecular weight is 297 g/mol. The van der Waals surface area contributed by atoms with Crippen molar-refractivity contribution >= 4 is 17.9 Å². The molecule has 1 unspecified atom stereocenters. The zero-order valence-corrected chi connectivity index (χ0v) is 12.4. The van der Waals surface area contributed by atoms with Gasteiger partial charge in [-0.2, -0.15) is 0 Å². The quantitative estimate of drug-likeness (QED) is 0.797. The van der Waals surface area contributed by atoms with Gasteiger partial charge in [-0.3, -0.25) is 4.79 Å². The maximum atomic E-state index is 12.4. The largest absolute Gasteiger partial charge is 0.480 e. The maximum Gasteiger partial charge on any atom is 0.326 e. The number of amides is 3. The van der Waals surface area contributed by atoms with Gasteiger partial charge in [-0.15, -0.1) is 0 Å². The summed E-state index contributed by atoms with van der Waals surface area (Å²) in [5.41, 5.74) is 0. The first-order valence-corrected chi connectivity index (χ1v) is 7.53. The van der Waals surface area contributed by atoms with Crippen LogP contribution in [0, 0.1) is 0 Å². The Bertz CT molecular complexity index is 422. The number of urea groups is 1. The molecule has 2 aliphatic rings. The van der Waals surface area contributed by atoms with Gasteiger partial charge in [0, 0.05) is 19.6 Å². The molecule has 0 spiro atoms. The lowest BCUT2D eigenvalue weighted by molar-refractivity contribution is -0.142. The highest BCUT2D eigenvalue weighted by molar-refractivity contribution is 5.86.